The lowest BCUT2D eigenvalue weighted by Gasteiger charge is -2.32. The van der Waals surface area contributed by atoms with Crippen LogP contribution in [0, 0.1) is 5.92 Å². The van der Waals surface area contributed by atoms with Gasteiger partial charge in [-0.15, -0.1) is 0 Å². The summed E-state index contributed by atoms with van der Waals surface area (Å²) in [6.45, 7) is 2.06. The molecule has 0 radical (unpaired) electrons. The van der Waals surface area contributed by atoms with Crippen LogP contribution in [-0.4, -0.2) is 13.1 Å². The lowest BCUT2D eigenvalue weighted by molar-refractivity contribution is 0.0540. The fourth-order valence-corrected chi connectivity index (χ4v) is 3.09. The Morgan fingerprint density at radius 3 is 2.62 bits per heavy atom. The van der Waals surface area contributed by atoms with Crippen molar-refractivity contribution in [3.63, 3.8) is 0 Å². The monoisotopic (exact) mass is 287 g/mol. The maximum absolute atomic E-state index is 13.5. The average Bonchev–Trinajstić information content (AvgIpc) is 2.54. The van der Waals surface area contributed by atoms with Gasteiger partial charge in [0.15, 0.2) is 0 Å². The zero-order valence-electron chi connectivity index (χ0n) is 12.2. The van der Waals surface area contributed by atoms with Crippen LogP contribution in [0.25, 0.3) is 0 Å². The Morgan fingerprint density at radius 2 is 1.90 bits per heavy atom. The topological polar surface area (TPSA) is 21.3 Å². The molecule has 1 aromatic rings. The highest BCUT2D eigenvalue weighted by Crippen LogP contribution is 2.35. The smallest absolute Gasteiger partial charge is 0.127 e. The fraction of sp³-hybridized carbons (Fsp3) is 0.444. The van der Waals surface area contributed by atoms with Crippen LogP contribution >= 0.6 is 0 Å². The molecule has 0 spiro atoms. The van der Waals surface area contributed by atoms with Crippen LogP contribution < -0.4 is 5.32 Å². The van der Waals surface area contributed by atoms with E-state index in [1.54, 1.807) is 6.08 Å². The summed E-state index contributed by atoms with van der Waals surface area (Å²) in [7, 11) is 0. The maximum atomic E-state index is 13.5. The molecule has 1 atom stereocenters. The Balaban J connectivity index is 1.80. The van der Waals surface area contributed by atoms with Gasteiger partial charge in [-0.25, -0.2) is 4.39 Å². The van der Waals surface area contributed by atoms with Gasteiger partial charge >= 0.3 is 0 Å². The molecule has 1 aromatic carbocycles. The standard InChI is InChI=1S/C18H22FNO/c19-16-7-4-8-17(13-16)21-18(14-5-2-1-3-6-14)15-9-11-20-12-10-15/h1-3,5-6,8,13,15,18,20H,4,7,9-12H2. The van der Waals surface area contributed by atoms with Gasteiger partial charge in [0, 0.05) is 18.4 Å². The predicted octanol–water partition coefficient (Wildman–Crippen LogP) is 4.28. The van der Waals surface area contributed by atoms with Gasteiger partial charge in [-0.05, 0) is 44.0 Å². The number of nitrogens with one attached hydrogen (secondary N) is 1. The van der Waals surface area contributed by atoms with Gasteiger partial charge in [-0.1, -0.05) is 30.3 Å². The molecule has 1 heterocycles. The second kappa shape index (κ2) is 6.90. The average molecular weight is 287 g/mol. The molecule has 3 heteroatoms. The summed E-state index contributed by atoms with van der Waals surface area (Å²) in [6.07, 6.45) is 6.97. The van der Waals surface area contributed by atoms with E-state index in [9.17, 15) is 4.39 Å². The van der Waals surface area contributed by atoms with Gasteiger partial charge < -0.3 is 10.1 Å². The quantitative estimate of drug-likeness (QED) is 0.892. The first kappa shape index (κ1) is 14.3. The highest BCUT2D eigenvalue weighted by molar-refractivity contribution is 5.23. The summed E-state index contributed by atoms with van der Waals surface area (Å²) in [5, 5.41) is 3.39. The molecule has 1 saturated heterocycles. The lowest BCUT2D eigenvalue weighted by atomic mass is 9.88. The summed E-state index contributed by atoms with van der Waals surface area (Å²) < 4.78 is 19.7. The molecular formula is C18H22FNO. The van der Waals surface area contributed by atoms with Crippen LogP contribution in [0.2, 0.25) is 0 Å². The molecule has 0 saturated carbocycles. The lowest BCUT2D eigenvalue weighted by Crippen LogP contribution is -2.31. The van der Waals surface area contributed by atoms with Gasteiger partial charge in [0.2, 0.25) is 0 Å². The van der Waals surface area contributed by atoms with Crippen molar-refractivity contribution in [2.24, 2.45) is 5.92 Å². The summed E-state index contributed by atoms with van der Waals surface area (Å²) in [5.41, 5.74) is 1.18. The Labute approximate surface area is 125 Å². The van der Waals surface area contributed by atoms with E-state index < -0.39 is 0 Å². The number of allylic oxidation sites excluding steroid dienone is 3. The molecule has 112 valence electrons. The first-order chi connectivity index (χ1) is 10.3. The predicted molar refractivity (Wildman–Crippen MR) is 82.4 cm³/mol. The van der Waals surface area contributed by atoms with E-state index in [0.29, 0.717) is 18.1 Å². The highest BCUT2D eigenvalue weighted by atomic mass is 19.1. The number of piperidine rings is 1. The van der Waals surface area contributed by atoms with E-state index >= 15 is 0 Å². The van der Waals surface area contributed by atoms with E-state index in [0.717, 1.165) is 32.4 Å². The van der Waals surface area contributed by atoms with Crippen molar-refractivity contribution in [1.29, 1.82) is 0 Å². The molecule has 1 fully saturated rings. The molecule has 0 bridgehead atoms. The van der Waals surface area contributed by atoms with Gasteiger partial charge in [-0.2, -0.15) is 0 Å². The molecule has 0 amide bonds. The van der Waals surface area contributed by atoms with Gasteiger partial charge in [0.25, 0.3) is 0 Å². The summed E-state index contributed by atoms with van der Waals surface area (Å²) in [4.78, 5) is 0. The Morgan fingerprint density at radius 1 is 1.14 bits per heavy atom. The van der Waals surface area contributed by atoms with Crippen molar-refractivity contribution in [3.8, 4) is 0 Å². The fourth-order valence-electron chi connectivity index (χ4n) is 3.09. The number of ether oxygens (including phenoxy) is 1. The number of benzene rings is 1. The molecule has 1 N–H and O–H groups in total. The van der Waals surface area contributed by atoms with Crippen molar-refractivity contribution in [3.05, 3.63) is 59.6 Å². The zero-order valence-corrected chi connectivity index (χ0v) is 12.2. The minimum Gasteiger partial charge on any atom is -0.486 e. The Bertz CT molecular complexity index is 517. The minimum absolute atomic E-state index is 0.0155. The van der Waals surface area contributed by atoms with E-state index in [-0.39, 0.29) is 11.9 Å². The minimum atomic E-state index is -0.0791. The molecular weight excluding hydrogens is 265 g/mol. The SMILES string of the molecule is FC1=CC(OC(c2ccccc2)C2CCNCC2)=CCC1. The first-order valence-corrected chi connectivity index (χ1v) is 7.81. The van der Waals surface area contributed by atoms with Crippen LogP contribution in [0.5, 0.6) is 0 Å². The van der Waals surface area contributed by atoms with Gasteiger partial charge in [0.1, 0.15) is 17.7 Å². The number of hydrogen-bond acceptors (Lipinski definition) is 2. The Kier molecular flexibility index (Phi) is 4.71. The number of halogens is 1. The largest absolute Gasteiger partial charge is 0.486 e. The third kappa shape index (κ3) is 3.73. The molecule has 1 aliphatic carbocycles. The summed E-state index contributed by atoms with van der Waals surface area (Å²) >= 11 is 0. The first-order valence-electron chi connectivity index (χ1n) is 7.81. The van der Waals surface area contributed by atoms with Gasteiger partial charge in [-0.3, -0.25) is 0 Å². The summed E-state index contributed by atoms with van der Waals surface area (Å²) in [6, 6.07) is 10.3. The molecule has 21 heavy (non-hydrogen) atoms. The number of rotatable bonds is 4. The van der Waals surface area contributed by atoms with Crippen molar-refractivity contribution < 1.29 is 9.13 Å². The highest BCUT2D eigenvalue weighted by Gasteiger charge is 2.27. The van der Waals surface area contributed by atoms with E-state index in [2.05, 4.69) is 17.4 Å². The molecule has 2 nitrogen and oxygen atoms in total. The third-order valence-corrected chi connectivity index (χ3v) is 4.23. The normalized spacial score (nSPS) is 21.4. The van der Waals surface area contributed by atoms with Crippen LogP contribution in [0.1, 0.15) is 37.4 Å². The Hall–Kier alpha value is -1.61. The van der Waals surface area contributed by atoms with Crippen LogP contribution in [0.4, 0.5) is 4.39 Å². The zero-order chi connectivity index (χ0) is 14.5. The van der Waals surface area contributed by atoms with Crippen molar-refractivity contribution in [2.75, 3.05) is 13.1 Å². The van der Waals surface area contributed by atoms with Gasteiger partial charge in [0.05, 0.1) is 0 Å². The third-order valence-electron chi connectivity index (χ3n) is 4.23. The van der Waals surface area contributed by atoms with E-state index in [1.165, 1.54) is 5.56 Å². The van der Waals surface area contributed by atoms with Crippen molar-refractivity contribution >= 4 is 0 Å². The molecule has 1 aliphatic heterocycles. The van der Waals surface area contributed by atoms with Crippen LogP contribution in [-0.2, 0) is 4.74 Å². The van der Waals surface area contributed by atoms with Crippen molar-refractivity contribution in [2.45, 2.75) is 31.8 Å². The second-order valence-electron chi connectivity index (χ2n) is 5.77. The number of hydrogen-bond donors (Lipinski definition) is 1. The molecule has 0 aromatic heterocycles. The van der Waals surface area contributed by atoms with E-state index in [1.807, 2.05) is 24.3 Å². The molecule has 3 rings (SSSR count). The van der Waals surface area contributed by atoms with Crippen molar-refractivity contribution in [1.82, 2.24) is 5.32 Å². The summed E-state index contributed by atoms with van der Waals surface area (Å²) in [5.74, 6) is 1.09. The second-order valence-corrected chi connectivity index (χ2v) is 5.77. The maximum Gasteiger partial charge on any atom is 0.127 e. The van der Waals surface area contributed by atoms with Crippen LogP contribution in [0.3, 0.4) is 0 Å². The van der Waals surface area contributed by atoms with E-state index in [4.69, 9.17) is 4.74 Å². The molecule has 2 aliphatic rings. The van der Waals surface area contributed by atoms with Crippen LogP contribution in [0.15, 0.2) is 54.1 Å². The molecule has 1 unspecified atom stereocenters.